The van der Waals surface area contributed by atoms with Crippen molar-refractivity contribution in [3.05, 3.63) is 61.4 Å². The van der Waals surface area contributed by atoms with E-state index in [1.165, 1.54) is 0 Å². The van der Waals surface area contributed by atoms with Crippen molar-refractivity contribution in [3.63, 3.8) is 0 Å². The predicted octanol–water partition coefficient (Wildman–Crippen LogP) is 4.15. The number of rotatable bonds is 3. The van der Waals surface area contributed by atoms with Crippen molar-refractivity contribution >= 4 is 22.1 Å². The van der Waals surface area contributed by atoms with Gasteiger partial charge in [-0.2, -0.15) is 10.2 Å². The van der Waals surface area contributed by atoms with E-state index < -0.39 is 0 Å². The number of aromatic amines is 3. The lowest BCUT2D eigenvalue weighted by Gasteiger charge is -1.98. The van der Waals surface area contributed by atoms with Gasteiger partial charge in [-0.15, -0.1) is 0 Å². The lowest BCUT2D eigenvalue weighted by molar-refractivity contribution is 0.568. The Morgan fingerprint density at radius 2 is 2.00 bits per heavy atom. The van der Waals surface area contributed by atoms with Crippen LogP contribution in [0.25, 0.3) is 55.8 Å². The molecule has 8 nitrogen and oxygen atoms in total. The second-order valence-corrected chi connectivity index (χ2v) is 6.47. The number of furan rings is 1. The first kappa shape index (κ1) is 14.9. The van der Waals surface area contributed by atoms with Crippen LogP contribution in [0.5, 0.6) is 0 Å². The molecule has 5 aromatic heterocycles. The summed E-state index contributed by atoms with van der Waals surface area (Å²) in [6.45, 7) is 0. The van der Waals surface area contributed by atoms with Gasteiger partial charge in [0.1, 0.15) is 5.69 Å². The van der Waals surface area contributed by atoms with E-state index in [4.69, 9.17) is 4.42 Å². The van der Waals surface area contributed by atoms with Crippen LogP contribution in [-0.2, 0) is 0 Å². The Hall–Kier alpha value is -4.20. The van der Waals surface area contributed by atoms with E-state index in [0.29, 0.717) is 11.5 Å². The van der Waals surface area contributed by atoms with E-state index in [2.05, 4.69) is 41.4 Å². The van der Waals surface area contributed by atoms with E-state index in [9.17, 15) is 0 Å². The summed E-state index contributed by atoms with van der Waals surface area (Å²) < 4.78 is 5.22. The monoisotopic (exact) mass is 367 g/mol. The van der Waals surface area contributed by atoms with Gasteiger partial charge in [0.2, 0.25) is 0 Å². The van der Waals surface area contributed by atoms with Gasteiger partial charge in [-0.3, -0.25) is 10.2 Å². The minimum Gasteiger partial charge on any atom is -0.472 e. The average molecular weight is 367 g/mol. The maximum Gasteiger partial charge on any atom is 0.178 e. The molecule has 0 bridgehead atoms. The number of hydrogen-bond donors (Lipinski definition) is 3. The lowest BCUT2D eigenvalue weighted by atomic mass is 10.1. The minimum absolute atomic E-state index is 0.635. The van der Waals surface area contributed by atoms with Crippen molar-refractivity contribution in [2.75, 3.05) is 0 Å². The third-order valence-corrected chi connectivity index (χ3v) is 4.84. The number of H-pyrrole nitrogens is 3. The van der Waals surface area contributed by atoms with Crippen molar-refractivity contribution in [3.8, 4) is 33.8 Å². The Morgan fingerprint density at radius 3 is 2.86 bits per heavy atom. The molecular weight excluding hydrogens is 354 g/mol. The van der Waals surface area contributed by atoms with Crippen molar-refractivity contribution in [1.29, 1.82) is 0 Å². The van der Waals surface area contributed by atoms with Gasteiger partial charge < -0.3 is 9.40 Å². The maximum absolute atomic E-state index is 5.22. The highest BCUT2D eigenvalue weighted by Gasteiger charge is 2.16. The van der Waals surface area contributed by atoms with Crippen LogP contribution in [0, 0.1) is 0 Å². The average Bonchev–Trinajstić information content (AvgIpc) is 3.53. The molecule has 0 spiro atoms. The van der Waals surface area contributed by atoms with Gasteiger partial charge in [-0.05, 0) is 29.8 Å². The minimum atomic E-state index is 0.635. The second kappa shape index (κ2) is 5.65. The summed E-state index contributed by atoms with van der Waals surface area (Å²) in [5, 5.41) is 15.4. The maximum atomic E-state index is 5.22. The molecule has 0 radical (unpaired) electrons. The molecule has 0 fully saturated rings. The van der Waals surface area contributed by atoms with Gasteiger partial charge in [0.15, 0.2) is 11.5 Å². The number of benzene rings is 1. The number of nitrogens with zero attached hydrogens (tertiary/aromatic N) is 4. The molecule has 0 saturated heterocycles. The fourth-order valence-corrected chi connectivity index (χ4v) is 3.46. The first-order valence-electron chi connectivity index (χ1n) is 8.72. The first-order chi connectivity index (χ1) is 13.9. The van der Waals surface area contributed by atoms with Crippen LogP contribution in [0.4, 0.5) is 0 Å². The molecule has 0 unspecified atom stereocenters. The highest BCUT2D eigenvalue weighted by molar-refractivity contribution is 5.97. The Labute approximate surface area is 157 Å². The normalized spacial score (nSPS) is 11.6. The van der Waals surface area contributed by atoms with Gasteiger partial charge in [-0.1, -0.05) is 6.07 Å². The number of pyridine rings is 1. The van der Waals surface area contributed by atoms with Crippen molar-refractivity contribution in [1.82, 2.24) is 35.3 Å². The van der Waals surface area contributed by atoms with Crippen molar-refractivity contribution in [2.24, 2.45) is 0 Å². The molecule has 6 aromatic rings. The third-order valence-electron chi connectivity index (χ3n) is 4.84. The van der Waals surface area contributed by atoms with Crippen LogP contribution in [0.15, 0.2) is 65.9 Å². The molecule has 3 N–H and O–H groups in total. The second-order valence-electron chi connectivity index (χ2n) is 6.47. The van der Waals surface area contributed by atoms with E-state index in [1.807, 2.05) is 30.5 Å². The predicted molar refractivity (Wildman–Crippen MR) is 104 cm³/mol. The first-order valence-corrected chi connectivity index (χ1v) is 8.72. The fraction of sp³-hybridized carbons (Fsp3) is 0. The molecule has 8 heteroatoms. The van der Waals surface area contributed by atoms with Crippen molar-refractivity contribution < 1.29 is 4.42 Å². The molecule has 0 aliphatic heterocycles. The van der Waals surface area contributed by atoms with E-state index in [-0.39, 0.29) is 0 Å². The smallest absolute Gasteiger partial charge is 0.178 e. The van der Waals surface area contributed by atoms with Crippen LogP contribution >= 0.6 is 0 Å². The largest absolute Gasteiger partial charge is 0.472 e. The Morgan fingerprint density at radius 1 is 1.00 bits per heavy atom. The number of imidazole rings is 1. The Kier molecular flexibility index (Phi) is 3.01. The topological polar surface area (TPSA) is 112 Å². The van der Waals surface area contributed by atoms with Gasteiger partial charge in [-0.25, -0.2) is 9.97 Å². The van der Waals surface area contributed by atoms with Gasteiger partial charge in [0, 0.05) is 34.5 Å². The Balaban J connectivity index is 1.55. The Bertz CT molecular complexity index is 1410. The highest BCUT2D eigenvalue weighted by Crippen LogP contribution is 2.32. The van der Waals surface area contributed by atoms with Crippen molar-refractivity contribution in [2.45, 2.75) is 0 Å². The lowest BCUT2D eigenvalue weighted by Crippen LogP contribution is -1.82. The van der Waals surface area contributed by atoms with E-state index in [0.717, 1.165) is 44.4 Å². The van der Waals surface area contributed by atoms with Crippen LogP contribution in [0.3, 0.4) is 0 Å². The van der Waals surface area contributed by atoms with Crippen LogP contribution < -0.4 is 0 Å². The zero-order valence-electron chi connectivity index (χ0n) is 14.5. The zero-order valence-corrected chi connectivity index (χ0v) is 14.5. The van der Waals surface area contributed by atoms with Gasteiger partial charge >= 0.3 is 0 Å². The van der Waals surface area contributed by atoms with Crippen LogP contribution in [0.1, 0.15) is 0 Å². The third kappa shape index (κ3) is 2.18. The zero-order chi connectivity index (χ0) is 18.5. The SMILES string of the molecule is c1cc(-c2ccoc2)c2[nH]c(-c3n[nH]c4ccc(-c5cn[nH]c5)cc34)nc2n1. The number of aromatic nitrogens is 7. The number of hydrogen-bond acceptors (Lipinski definition) is 5. The molecule has 0 saturated carbocycles. The summed E-state index contributed by atoms with van der Waals surface area (Å²) in [6, 6.07) is 9.97. The standard InChI is InChI=1S/C20H13N7O/c1-2-16-15(7-11(1)13-8-22-23-9-13)18(27-26-16)20-24-17-14(12-4-6-28-10-12)3-5-21-19(17)25-20/h1-10H,(H,22,23)(H,26,27)(H,21,24,25). The molecular formula is C20H13N7O. The summed E-state index contributed by atoms with van der Waals surface area (Å²) in [5.74, 6) is 0.661. The molecule has 28 heavy (non-hydrogen) atoms. The molecule has 0 aliphatic rings. The quantitative estimate of drug-likeness (QED) is 0.435. The fourth-order valence-electron chi connectivity index (χ4n) is 3.46. The molecule has 0 atom stereocenters. The summed E-state index contributed by atoms with van der Waals surface area (Å²) in [5.41, 5.74) is 7.19. The summed E-state index contributed by atoms with van der Waals surface area (Å²) in [6.07, 6.45) is 8.76. The molecule has 0 amide bonds. The van der Waals surface area contributed by atoms with Gasteiger partial charge in [0.05, 0.1) is 29.8 Å². The number of nitrogens with one attached hydrogen (secondary N) is 3. The summed E-state index contributed by atoms with van der Waals surface area (Å²) in [7, 11) is 0. The van der Waals surface area contributed by atoms with E-state index >= 15 is 0 Å². The molecule has 5 heterocycles. The molecule has 0 aliphatic carbocycles. The van der Waals surface area contributed by atoms with Crippen LogP contribution in [-0.4, -0.2) is 35.3 Å². The van der Waals surface area contributed by atoms with E-state index in [1.54, 1.807) is 24.9 Å². The molecule has 6 rings (SSSR count). The van der Waals surface area contributed by atoms with Gasteiger partial charge in [0.25, 0.3) is 0 Å². The van der Waals surface area contributed by atoms with Crippen LogP contribution in [0.2, 0.25) is 0 Å². The summed E-state index contributed by atoms with van der Waals surface area (Å²) in [4.78, 5) is 12.5. The summed E-state index contributed by atoms with van der Waals surface area (Å²) >= 11 is 0. The molecule has 134 valence electrons. The number of fused-ring (bicyclic) bond motifs is 2. The highest BCUT2D eigenvalue weighted by atomic mass is 16.3. The molecule has 1 aromatic carbocycles.